The van der Waals surface area contributed by atoms with E-state index in [-0.39, 0.29) is 6.04 Å². The lowest BCUT2D eigenvalue weighted by atomic mass is 10.1. The van der Waals surface area contributed by atoms with Gasteiger partial charge in [0.05, 0.1) is 6.04 Å². The second kappa shape index (κ2) is 5.99. The Kier molecular flexibility index (Phi) is 3.90. The number of nitrogens with zero attached hydrogens (tertiary/aromatic N) is 1. The zero-order valence-corrected chi connectivity index (χ0v) is 12.2. The summed E-state index contributed by atoms with van der Waals surface area (Å²) in [7, 11) is 0. The Hall–Kier alpha value is -2.30. The van der Waals surface area contributed by atoms with E-state index < -0.39 is 0 Å². The molecule has 3 N–H and O–H groups in total. The van der Waals surface area contributed by atoms with Crippen LogP contribution in [0.2, 0.25) is 0 Å². The highest BCUT2D eigenvalue weighted by Crippen LogP contribution is 2.20. The molecule has 1 unspecified atom stereocenters. The van der Waals surface area contributed by atoms with Crippen molar-refractivity contribution >= 4 is 33.7 Å². The highest BCUT2D eigenvalue weighted by Gasteiger charge is 2.11. The minimum atomic E-state index is -0.311. The third-order valence-corrected chi connectivity index (χ3v) is 3.71. The molecular formula is C17H15N3S. The predicted octanol–water partition coefficient (Wildman–Crippen LogP) is 3.67. The van der Waals surface area contributed by atoms with Crippen molar-refractivity contribution in [2.75, 3.05) is 5.32 Å². The van der Waals surface area contributed by atoms with Crippen molar-refractivity contribution in [3.05, 3.63) is 72.6 Å². The SMILES string of the molecule is NC(C(=S)Nc1ccc2cnccc2c1)c1ccccc1. The maximum atomic E-state index is 6.19. The number of hydrogen-bond acceptors (Lipinski definition) is 3. The summed E-state index contributed by atoms with van der Waals surface area (Å²) in [5, 5.41) is 5.43. The number of hydrogen-bond donors (Lipinski definition) is 2. The average molecular weight is 293 g/mol. The van der Waals surface area contributed by atoms with Crippen LogP contribution in [0.3, 0.4) is 0 Å². The standard InChI is InChI=1S/C17H15N3S/c18-16(12-4-2-1-3-5-12)17(21)20-15-7-6-14-11-19-9-8-13(14)10-15/h1-11,16H,18H2,(H,20,21). The minimum Gasteiger partial charge on any atom is -0.348 e. The molecule has 0 aliphatic rings. The van der Waals surface area contributed by atoms with Crippen molar-refractivity contribution in [1.82, 2.24) is 4.98 Å². The van der Waals surface area contributed by atoms with Crippen molar-refractivity contribution in [1.29, 1.82) is 0 Å². The number of nitrogens with two attached hydrogens (primary N) is 1. The Balaban J connectivity index is 1.80. The molecule has 3 nitrogen and oxygen atoms in total. The molecule has 3 aromatic rings. The third kappa shape index (κ3) is 3.07. The normalized spacial score (nSPS) is 12.0. The summed E-state index contributed by atoms with van der Waals surface area (Å²) < 4.78 is 0. The highest BCUT2D eigenvalue weighted by molar-refractivity contribution is 7.80. The van der Waals surface area contributed by atoms with Gasteiger partial charge in [-0.05, 0) is 29.1 Å². The summed E-state index contributed by atoms with van der Waals surface area (Å²) in [6.07, 6.45) is 3.62. The van der Waals surface area contributed by atoms with E-state index in [0.717, 1.165) is 22.0 Å². The number of nitrogens with one attached hydrogen (secondary N) is 1. The number of thiocarbonyl (C=S) groups is 1. The van der Waals surface area contributed by atoms with E-state index in [9.17, 15) is 0 Å². The van der Waals surface area contributed by atoms with Gasteiger partial charge < -0.3 is 11.1 Å². The Morgan fingerprint density at radius 2 is 1.86 bits per heavy atom. The third-order valence-electron chi connectivity index (χ3n) is 3.35. The molecule has 0 saturated carbocycles. The monoisotopic (exact) mass is 293 g/mol. The molecule has 21 heavy (non-hydrogen) atoms. The summed E-state index contributed by atoms with van der Waals surface area (Å²) >= 11 is 5.41. The fourth-order valence-corrected chi connectivity index (χ4v) is 2.45. The first-order valence-corrected chi connectivity index (χ1v) is 7.10. The molecule has 0 fully saturated rings. The lowest BCUT2D eigenvalue weighted by molar-refractivity contribution is 0.974. The van der Waals surface area contributed by atoms with Crippen LogP contribution in [-0.4, -0.2) is 9.97 Å². The summed E-state index contributed by atoms with van der Waals surface area (Å²) in [5.74, 6) is 0. The van der Waals surface area contributed by atoms with Crippen molar-refractivity contribution < 1.29 is 0 Å². The van der Waals surface area contributed by atoms with Crippen LogP contribution < -0.4 is 11.1 Å². The molecule has 1 aromatic heterocycles. The zero-order valence-electron chi connectivity index (χ0n) is 11.4. The minimum absolute atomic E-state index is 0.311. The van der Waals surface area contributed by atoms with Crippen LogP contribution in [-0.2, 0) is 0 Å². The Bertz CT molecular complexity index is 771. The molecule has 0 amide bonds. The highest BCUT2D eigenvalue weighted by atomic mass is 32.1. The van der Waals surface area contributed by atoms with E-state index in [1.54, 1.807) is 6.20 Å². The van der Waals surface area contributed by atoms with E-state index in [0.29, 0.717) is 4.99 Å². The van der Waals surface area contributed by atoms with Crippen molar-refractivity contribution in [3.8, 4) is 0 Å². The number of pyridine rings is 1. The van der Waals surface area contributed by atoms with Crippen LogP contribution >= 0.6 is 12.2 Å². The van der Waals surface area contributed by atoms with Crippen LogP contribution in [0, 0.1) is 0 Å². The fourth-order valence-electron chi connectivity index (χ4n) is 2.19. The molecule has 0 radical (unpaired) electrons. The molecule has 3 rings (SSSR count). The fraction of sp³-hybridized carbons (Fsp3) is 0.0588. The number of fused-ring (bicyclic) bond motifs is 1. The molecule has 0 saturated heterocycles. The van der Waals surface area contributed by atoms with Crippen LogP contribution in [0.4, 0.5) is 5.69 Å². The maximum absolute atomic E-state index is 6.19. The van der Waals surface area contributed by atoms with Gasteiger partial charge in [-0.15, -0.1) is 0 Å². The van der Waals surface area contributed by atoms with E-state index in [1.807, 2.05) is 60.8 Å². The van der Waals surface area contributed by atoms with Gasteiger partial charge in [-0.25, -0.2) is 0 Å². The molecule has 4 heteroatoms. The first-order chi connectivity index (χ1) is 10.2. The van der Waals surface area contributed by atoms with E-state index in [1.165, 1.54) is 0 Å². The number of rotatable bonds is 3. The molecule has 1 atom stereocenters. The molecule has 104 valence electrons. The Morgan fingerprint density at radius 1 is 1.05 bits per heavy atom. The molecule has 0 aliphatic carbocycles. The van der Waals surface area contributed by atoms with E-state index >= 15 is 0 Å². The smallest absolute Gasteiger partial charge is 0.101 e. The van der Waals surface area contributed by atoms with Crippen molar-refractivity contribution in [2.45, 2.75) is 6.04 Å². The second-order valence-electron chi connectivity index (χ2n) is 4.82. The largest absolute Gasteiger partial charge is 0.348 e. The predicted molar refractivity (Wildman–Crippen MR) is 91.3 cm³/mol. The lowest BCUT2D eigenvalue weighted by Crippen LogP contribution is -2.25. The lowest BCUT2D eigenvalue weighted by Gasteiger charge is -2.15. The maximum Gasteiger partial charge on any atom is 0.101 e. The Morgan fingerprint density at radius 3 is 2.67 bits per heavy atom. The average Bonchev–Trinajstić information content (AvgIpc) is 2.55. The molecule has 0 bridgehead atoms. The molecular weight excluding hydrogens is 278 g/mol. The van der Waals surface area contributed by atoms with Gasteiger partial charge in [0, 0.05) is 23.5 Å². The van der Waals surface area contributed by atoms with Gasteiger partial charge in [0.15, 0.2) is 0 Å². The zero-order chi connectivity index (χ0) is 14.7. The molecule has 2 aromatic carbocycles. The van der Waals surface area contributed by atoms with Crippen LogP contribution in [0.25, 0.3) is 10.8 Å². The van der Waals surface area contributed by atoms with Crippen molar-refractivity contribution in [2.24, 2.45) is 5.73 Å². The number of anilines is 1. The second-order valence-corrected chi connectivity index (χ2v) is 5.26. The molecule has 1 heterocycles. The van der Waals surface area contributed by atoms with Crippen molar-refractivity contribution in [3.63, 3.8) is 0 Å². The molecule has 0 spiro atoms. The number of aromatic nitrogens is 1. The summed E-state index contributed by atoms with van der Waals surface area (Å²) in [6.45, 7) is 0. The van der Waals surface area contributed by atoms with Crippen LogP contribution in [0.5, 0.6) is 0 Å². The molecule has 0 aliphatic heterocycles. The summed E-state index contributed by atoms with van der Waals surface area (Å²) in [6, 6.07) is 17.5. The van der Waals surface area contributed by atoms with Gasteiger partial charge in [-0.3, -0.25) is 4.98 Å². The van der Waals surface area contributed by atoms with Gasteiger partial charge in [0.1, 0.15) is 4.99 Å². The van der Waals surface area contributed by atoms with Gasteiger partial charge in [0.25, 0.3) is 0 Å². The summed E-state index contributed by atoms with van der Waals surface area (Å²) in [5.41, 5.74) is 8.12. The van der Waals surface area contributed by atoms with Gasteiger partial charge in [-0.2, -0.15) is 0 Å². The van der Waals surface area contributed by atoms with Gasteiger partial charge >= 0.3 is 0 Å². The van der Waals surface area contributed by atoms with Gasteiger partial charge in [0.2, 0.25) is 0 Å². The first kappa shape index (κ1) is 13.7. The first-order valence-electron chi connectivity index (χ1n) is 6.69. The summed E-state index contributed by atoms with van der Waals surface area (Å²) in [4.78, 5) is 4.71. The quantitative estimate of drug-likeness (QED) is 0.723. The van der Waals surface area contributed by atoms with Crippen LogP contribution in [0.15, 0.2) is 67.0 Å². The Labute approximate surface area is 128 Å². The van der Waals surface area contributed by atoms with Crippen LogP contribution in [0.1, 0.15) is 11.6 Å². The van der Waals surface area contributed by atoms with Gasteiger partial charge in [-0.1, -0.05) is 48.6 Å². The van der Waals surface area contributed by atoms with E-state index in [2.05, 4.69) is 10.3 Å². The van der Waals surface area contributed by atoms with E-state index in [4.69, 9.17) is 18.0 Å². The topological polar surface area (TPSA) is 50.9 Å². The number of benzene rings is 2.